The summed E-state index contributed by atoms with van der Waals surface area (Å²) < 4.78 is 7.37. The van der Waals surface area contributed by atoms with Gasteiger partial charge >= 0.3 is 0 Å². The summed E-state index contributed by atoms with van der Waals surface area (Å²) in [6, 6.07) is 22.1. The van der Waals surface area contributed by atoms with Crippen LogP contribution in [0.15, 0.2) is 73.1 Å². The molecule has 1 aromatic heterocycles. The molecule has 1 heterocycles. The van der Waals surface area contributed by atoms with Gasteiger partial charge in [-0.15, -0.1) is 5.10 Å². The Hall–Kier alpha value is -3.29. The van der Waals surface area contributed by atoms with Crippen molar-refractivity contribution in [2.24, 2.45) is 0 Å². The summed E-state index contributed by atoms with van der Waals surface area (Å²) in [6.45, 7) is 2.72. The maximum Gasteiger partial charge on any atom is 0.143 e. The highest BCUT2D eigenvalue weighted by Crippen LogP contribution is 2.20. The zero-order valence-corrected chi connectivity index (χ0v) is 16.1. The van der Waals surface area contributed by atoms with Crippen molar-refractivity contribution >= 4 is 10.8 Å². The first kappa shape index (κ1) is 19.0. The topological polar surface area (TPSA) is 85.1 Å². The zero-order valence-electron chi connectivity index (χ0n) is 16.1. The highest BCUT2D eigenvalue weighted by molar-refractivity contribution is 5.83. The summed E-state index contributed by atoms with van der Waals surface area (Å²) in [4.78, 5) is 0. The molecule has 0 saturated carbocycles. The minimum Gasteiger partial charge on any atom is -0.491 e. The third kappa shape index (κ3) is 4.77. The molecular weight excluding hydrogens is 366 g/mol. The first-order chi connectivity index (χ1) is 14.2. The second-order valence-corrected chi connectivity index (χ2v) is 6.95. The normalized spacial score (nSPS) is 13.3. The van der Waals surface area contributed by atoms with Gasteiger partial charge in [0.15, 0.2) is 0 Å². The Balaban J connectivity index is 1.26. The van der Waals surface area contributed by atoms with Crippen molar-refractivity contribution in [1.82, 2.24) is 25.5 Å². The monoisotopic (exact) mass is 389 g/mol. The van der Waals surface area contributed by atoms with Crippen LogP contribution in [0.1, 0.15) is 18.5 Å². The number of fused-ring (bicyclic) bond motifs is 1. The molecule has 3 aromatic carbocycles. The molecule has 0 radical (unpaired) electrons. The number of aromatic nitrogens is 4. The van der Waals surface area contributed by atoms with Crippen LogP contribution in [0.4, 0.5) is 0 Å². The van der Waals surface area contributed by atoms with E-state index < -0.39 is 6.10 Å². The summed E-state index contributed by atoms with van der Waals surface area (Å²) in [5, 5.41) is 27.1. The van der Waals surface area contributed by atoms with E-state index in [0.29, 0.717) is 6.54 Å². The minimum absolute atomic E-state index is 0.0910. The van der Waals surface area contributed by atoms with E-state index in [2.05, 4.69) is 33.8 Å². The molecular formula is C22H23N5O2. The Bertz CT molecular complexity index is 1050. The number of aliphatic hydroxyl groups excluding tert-OH is 1. The Morgan fingerprint density at radius 1 is 1.03 bits per heavy atom. The zero-order chi connectivity index (χ0) is 20.1. The molecule has 0 amide bonds. The Morgan fingerprint density at radius 3 is 2.59 bits per heavy atom. The van der Waals surface area contributed by atoms with Gasteiger partial charge < -0.3 is 15.2 Å². The van der Waals surface area contributed by atoms with Gasteiger partial charge in [-0.2, -0.15) is 0 Å². The number of hydrogen-bond acceptors (Lipinski definition) is 6. The average molecular weight is 389 g/mol. The molecule has 0 bridgehead atoms. The van der Waals surface area contributed by atoms with Crippen molar-refractivity contribution in [3.63, 3.8) is 0 Å². The van der Waals surface area contributed by atoms with Crippen LogP contribution in [0.25, 0.3) is 16.5 Å². The third-order valence-corrected chi connectivity index (χ3v) is 4.83. The Kier molecular flexibility index (Phi) is 5.79. The van der Waals surface area contributed by atoms with Gasteiger partial charge in [0.25, 0.3) is 0 Å². The predicted octanol–water partition coefficient (Wildman–Crippen LogP) is 2.91. The first-order valence-corrected chi connectivity index (χ1v) is 9.55. The smallest absolute Gasteiger partial charge is 0.143 e. The number of rotatable bonds is 8. The molecule has 0 aliphatic rings. The van der Waals surface area contributed by atoms with Crippen LogP contribution in [-0.4, -0.2) is 44.6 Å². The molecule has 7 nitrogen and oxygen atoms in total. The number of aliphatic hydroxyl groups is 1. The number of nitrogens with one attached hydrogen (secondary N) is 1. The van der Waals surface area contributed by atoms with Crippen molar-refractivity contribution in [1.29, 1.82) is 0 Å². The highest BCUT2D eigenvalue weighted by Gasteiger charge is 2.10. The van der Waals surface area contributed by atoms with Gasteiger partial charge in [-0.25, -0.2) is 4.68 Å². The van der Waals surface area contributed by atoms with Crippen LogP contribution in [0.2, 0.25) is 0 Å². The van der Waals surface area contributed by atoms with Crippen molar-refractivity contribution in [3.8, 4) is 11.4 Å². The van der Waals surface area contributed by atoms with Gasteiger partial charge in [-0.1, -0.05) is 42.5 Å². The molecule has 2 atom stereocenters. The molecule has 7 heteroatoms. The van der Waals surface area contributed by atoms with Crippen LogP contribution in [0, 0.1) is 0 Å². The lowest BCUT2D eigenvalue weighted by molar-refractivity contribution is 0.104. The van der Waals surface area contributed by atoms with Crippen molar-refractivity contribution < 1.29 is 9.84 Å². The molecule has 2 N–H and O–H groups in total. The maximum atomic E-state index is 10.3. The van der Waals surface area contributed by atoms with Gasteiger partial charge in [-0.05, 0) is 58.0 Å². The summed E-state index contributed by atoms with van der Waals surface area (Å²) in [7, 11) is 0. The van der Waals surface area contributed by atoms with E-state index in [1.807, 2.05) is 60.7 Å². The van der Waals surface area contributed by atoms with Gasteiger partial charge in [0.2, 0.25) is 0 Å². The van der Waals surface area contributed by atoms with E-state index in [-0.39, 0.29) is 12.6 Å². The molecule has 148 valence electrons. The number of benzene rings is 3. The largest absolute Gasteiger partial charge is 0.491 e. The van der Waals surface area contributed by atoms with Gasteiger partial charge in [0, 0.05) is 12.6 Å². The van der Waals surface area contributed by atoms with Crippen molar-refractivity contribution in [2.45, 2.75) is 19.1 Å². The summed E-state index contributed by atoms with van der Waals surface area (Å²) in [5.74, 6) is 0.758. The molecule has 0 fully saturated rings. The summed E-state index contributed by atoms with van der Waals surface area (Å²) >= 11 is 0. The minimum atomic E-state index is -0.607. The molecule has 0 saturated heterocycles. The fourth-order valence-electron chi connectivity index (χ4n) is 3.13. The van der Waals surface area contributed by atoms with E-state index in [0.717, 1.165) is 22.4 Å². The molecule has 0 aliphatic heterocycles. The van der Waals surface area contributed by atoms with Crippen LogP contribution < -0.4 is 10.1 Å². The van der Waals surface area contributed by atoms with Crippen LogP contribution in [-0.2, 0) is 0 Å². The Morgan fingerprint density at radius 2 is 1.83 bits per heavy atom. The highest BCUT2D eigenvalue weighted by atomic mass is 16.5. The predicted molar refractivity (Wildman–Crippen MR) is 111 cm³/mol. The standard InChI is InChI=1S/C22H23N5O2/c1-16(17-6-9-20(10-7-17)27-15-24-25-26-27)23-13-21(28)14-29-22-11-8-18-4-2-3-5-19(18)12-22/h2-12,15-16,21,23,28H,13-14H2,1H3. The van der Waals surface area contributed by atoms with Crippen LogP contribution >= 0.6 is 0 Å². The van der Waals surface area contributed by atoms with E-state index in [1.54, 1.807) is 11.0 Å². The fraction of sp³-hybridized carbons (Fsp3) is 0.227. The maximum absolute atomic E-state index is 10.3. The van der Waals surface area contributed by atoms with E-state index in [1.165, 1.54) is 5.39 Å². The van der Waals surface area contributed by atoms with Crippen molar-refractivity contribution in [2.75, 3.05) is 13.2 Å². The van der Waals surface area contributed by atoms with E-state index >= 15 is 0 Å². The Labute approximate surface area is 168 Å². The molecule has 29 heavy (non-hydrogen) atoms. The third-order valence-electron chi connectivity index (χ3n) is 4.83. The lowest BCUT2D eigenvalue weighted by atomic mass is 10.1. The number of ether oxygens (including phenoxy) is 1. The quantitative estimate of drug-likeness (QED) is 0.482. The van der Waals surface area contributed by atoms with Gasteiger partial charge in [0.05, 0.1) is 5.69 Å². The van der Waals surface area contributed by atoms with Crippen LogP contribution in [0.5, 0.6) is 5.75 Å². The second kappa shape index (κ2) is 8.81. The molecule has 0 spiro atoms. The SMILES string of the molecule is CC(NCC(O)COc1ccc2ccccc2c1)c1ccc(-n2cnnn2)cc1. The average Bonchev–Trinajstić information content (AvgIpc) is 3.31. The van der Waals surface area contributed by atoms with E-state index in [9.17, 15) is 5.11 Å². The lowest BCUT2D eigenvalue weighted by Gasteiger charge is -2.18. The van der Waals surface area contributed by atoms with Crippen molar-refractivity contribution in [3.05, 3.63) is 78.6 Å². The van der Waals surface area contributed by atoms with Crippen LogP contribution in [0.3, 0.4) is 0 Å². The second-order valence-electron chi connectivity index (χ2n) is 6.95. The number of tetrazole rings is 1. The summed E-state index contributed by atoms with van der Waals surface area (Å²) in [5.41, 5.74) is 2.01. The molecule has 4 rings (SSSR count). The fourth-order valence-corrected chi connectivity index (χ4v) is 3.13. The van der Waals surface area contributed by atoms with Gasteiger partial charge in [-0.3, -0.25) is 0 Å². The summed E-state index contributed by atoms with van der Waals surface area (Å²) in [6.07, 6.45) is 0.951. The number of hydrogen-bond donors (Lipinski definition) is 2. The lowest BCUT2D eigenvalue weighted by Crippen LogP contribution is -2.33. The van der Waals surface area contributed by atoms with E-state index in [4.69, 9.17) is 4.74 Å². The van der Waals surface area contributed by atoms with Gasteiger partial charge in [0.1, 0.15) is 24.8 Å². The molecule has 2 unspecified atom stereocenters. The molecule has 4 aromatic rings. The first-order valence-electron chi connectivity index (χ1n) is 9.55. The number of nitrogens with zero attached hydrogens (tertiary/aromatic N) is 4. The molecule has 0 aliphatic carbocycles.